The third-order valence-electron chi connectivity index (χ3n) is 3.58. The summed E-state index contributed by atoms with van der Waals surface area (Å²) in [4.78, 5) is 25.5. The summed E-state index contributed by atoms with van der Waals surface area (Å²) < 4.78 is 0. The van der Waals surface area contributed by atoms with E-state index in [2.05, 4.69) is 17.3 Å². The van der Waals surface area contributed by atoms with Crippen LogP contribution in [-0.4, -0.2) is 36.7 Å². The molecule has 1 aliphatic heterocycles. The van der Waals surface area contributed by atoms with Crippen LogP contribution in [0.2, 0.25) is 0 Å². The number of rotatable bonds is 3. The SMILES string of the molecule is CC.CC.CC(=O)Nc1ccc(C(=O)C2CCN(C)CC2)cc1. The Bertz CT molecular complexity index is 461. The van der Waals surface area contributed by atoms with Crippen LogP contribution in [0.25, 0.3) is 0 Å². The molecule has 1 aliphatic rings. The largest absolute Gasteiger partial charge is 0.326 e. The second-order valence-electron chi connectivity index (χ2n) is 5.20. The molecule has 0 aromatic heterocycles. The number of carbonyl (C=O) groups excluding carboxylic acids is 2. The van der Waals surface area contributed by atoms with Crippen molar-refractivity contribution >= 4 is 17.4 Å². The third-order valence-corrected chi connectivity index (χ3v) is 3.58. The number of nitrogens with zero attached hydrogens (tertiary/aromatic N) is 1. The minimum atomic E-state index is -0.102. The van der Waals surface area contributed by atoms with Crippen LogP contribution in [0.1, 0.15) is 57.8 Å². The minimum Gasteiger partial charge on any atom is -0.326 e. The summed E-state index contributed by atoms with van der Waals surface area (Å²) >= 11 is 0. The third kappa shape index (κ3) is 7.42. The monoisotopic (exact) mass is 320 g/mol. The maximum Gasteiger partial charge on any atom is 0.221 e. The second kappa shape index (κ2) is 11.8. The van der Waals surface area contributed by atoms with E-state index in [-0.39, 0.29) is 17.6 Å². The highest BCUT2D eigenvalue weighted by Crippen LogP contribution is 2.21. The Morgan fingerprint density at radius 3 is 1.91 bits per heavy atom. The summed E-state index contributed by atoms with van der Waals surface area (Å²) in [6.07, 6.45) is 1.87. The van der Waals surface area contributed by atoms with Crippen molar-refractivity contribution in [1.82, 2.24) is 4.90 Å². The highest BCUT2D eigenvalue weighted by atomic mass is 16.1. The number of carbonyl (C=O) groups is 2. The first kappa shape index (κ1) is 21.3. The van der Waals surface area contributed by atoms with Crippen LogP contribution in [0, 0.1) is 5.92 Å². The van der Waals surface area contributed by atoms with Gasteiger partial charge in [-0.05, 0) is 57.2 Å². The smallest absolute Gasteiger partial charge is 0.221 e. The Balaban J connectivity index is 0.00000112. The average molecular weight is 320 g/mol. The highest BCUT2D eigenvalue weighted by Gasteiger charge is 2.24. The predicted molar refractivity (Wildman–Crippen MR) is 98.0 cm³/mol. The topological polar surface area (TPSA) is 49.4 Å². The van der Waals surface area contributed by atoms with Crippen LogP contribution in [-0.2, 0) is 4.79 Å². The lowest BCUT2D eigenvalue weighted by molar-refractivity contribution is -0.114. The molecule has 1 heterocycles. The van der Waals surface area contributed by atoms with E-state index in [1.54, 1.807) is 24.3 Å². The van der Waals surface area contributed by atoms with Crippen molar-refractivity contribution in [1.29, 1.82) is 0 Å². The molecular formula is C19H32N2O2. The van der Waals surface area contributed by atoms with Gasteiger partial charge in [0.05, 0.1) is 0 Å². The van der Waals surface area contributed by atoms with E-state index in [0.29, 0.717) is 0 Å². The van der Waals surface area contributed by atoms with Gasteiger partial charge in [-0.3, -0.25) is 9.59 Å². The maximum atomic E-state index is 12.3. The van der Waals surface area contributed by atoms with E-state index in [1.807, 2.05) is 27.7 Å². The van der Waals surface area contributed by atoms with Crippen LogP contribution in [0.5, 0.6) is 0 Å². The average Bonchev–Trinajstić information content (AvgIpc) is 2.59. The quantitative estimate of drug-likeness (QED) is 0.848. The summed E-state index contributed by atoms with van der Waals surface area (Å²) in [5.74, 6) is 0.264. The van der Waals surface area contributed by atoms with Gasteiger partial charge in [-0.15, -0.1) is 0 Å². The number of piperidine rings is 1. The van der Waals surface area contributed by atoms with Gasteiger partial charge < -0.3 is 10.2 Å². The van der Waals surface area contributed by atoms with Crippen LogP contribution < -0.4 is 5.32 Å². The van der Waals surface area contributed by atoms with Gasteiger partial charge in [0.25, 0.3) is 0 Å². The number of hydrogen-bond donors (Lipinski definition) is 1. The number of nitrogens with one attached hydrogen (secondary N) is 1. The summed E-state index contributed by atoms with van der Waals surface area (Å²) in [6.45, 7) is 11.4. The zero-order valence-corrected chi connectivity index (χ0v) is 15.5. The van der Waals surface area contributed by atoms with Gasteiger partial charge >= 0.3 is 0 Å². The summed E-state index contributed by atoms with van der Waals surface area (Å²) in [6, 6.07) is 7.16. The van der Waals surface area contributed by atoms with Crippen LogP contribution >= 0.6 is 0 Å². The molecule has 1 fully saturated rings. The lowest BCUT2D eigenvalue weighted by atomic mass is 9.89. The lowest BCUT2D eigenvalue weighted by Gasteiger charge is -2.28. The second-order valence-corrected chi connectivity index (χ2v) is 5.20. The Labute approximate surface area is 141 Å². The Hall–Kier alpha value is -1.68. The first-order valence-electron chi connectivity index (χ1n) is 8.66. The van der Waals surface area contributed by atoms with Crippen molar-refractivity contribution in [2.24, 2.45) is 5.92 Å². The molecule has 1 aromatic rings. The van der Waals surface area contributed by atoms with Crippen molar-refractivity contribution < 1.29 is 9.59 Å². The molecule has 0 spiro atoms. The number of amides is 1. The van der Waals surface area contributed by atoms with E-state index < -0.39 is 0 Å². The van der Waals surface area contributed by atoms with Gasteiger partial charge in [-0.1, -0.05) is 27.7 Å². The number of benzene rings is 1. The molecule has 1 amide bonds. The fourth-order valence-electron chi connectivity index (χ4n) is 2.43. The Kier molecular flexibility index (Phi) is 11.0. The fourth-order valence-corrected chi connectivity index (χ4v) is 2.43. The van der Waals surface area contributed by atoms with Gasteiger partial charge in [0, 0.05) is 24.1 Å². The highest BCUT2D eigenvalue weighted by molar-refractivity contribution is 5.98. The number of likely N-dealkylation sites (tertiary alicyclic amines) is 1. The van der Waals surface area contributed by atoms with Crippen molar-refractivity contribution in [2.45, 2.75) is 47.5 Å². The van der Waals surface area contributed by atoms with Crippen LogP contribution in [0.3, 0.4) is 0 Å². The van der Waals surface area contributed by atoms with Crippen molar-refractivity contribution in [3.63, 3.8) is 0 Å². The standard InChI is InChI=1S/C15H20N2O2.2C2H6/c1-11(18)16-14-5-3-12(4-6-14)15(19)13-7-9-17(2)10-8-13;2*1-2/h3-6,13H,7-10H2,1-2H3,(H,16,18);2*1-2H3. The molecule has 0 unspecified atom stereocenters. The van der Waals surface area contributed by atoms with Gasteiger partial charge in [-0.2, -0.15) is 0 Å². The van der Waals surface area contributed by atoms with E-state index >= 15 is 0 Å². The minimum absolute atomic E-state index is 0.102. The number of ketones is 1. The van der Waals surface area contributed by atoms with Gasteiger partial charge in [-0.25, -0.2) is 0 Å². The van der Waals surface area contributed by atoms with Gasteiger partial charge in [0.2, 0.25) is 5.91 Å². The molecule has 0 bridgehead atoms. The molecule has 1 saturated heterocycles. The van der Waals surface area contributed by atoms with E-state index in [1.165, 1.54) is 6.92 Å². The van der Waals surface area contributed by atoms with Crippen molar-refractivity contribution in [3.8, 4) is 0 Å². The summed E-state index contributed by atoms with van der Waals surface area (Å²) in [5, 5.41) is 2.70. The first-order chi connectivity index (χ1) is 11.1. The molecule has 130 valence electrons. The molecule has 4 nitrogen and oxygen atoms in total. The number of hydrogen-bond acceptors (Lipinski definition) is 3. The van der Waals surface area contributed by atoms with Gasteiger partial charge in [0.15, 0.2) is 5.78 Å². The van der Waals surface area contributed by atoms with Crippen molar-refractivity contribution in [2.75, 3.05) is 25.5 Å². The first-order valence-corrected chi connectivity index (χ1v) is 8.66. The van der Waals surface area contributed by atoms with Crippen molar-refractivity contribution in [3.05, 3.63) is 29.8 Å². The van der Waals surface area contributed by atoms with Gasteiger partial charge in [0.1, 0.15) is 0 Å². The molecule has 2 rings (SSSR count). The summed E-state index contributed by atoms with van der Waals surface area (Å²) in [5.41, 5.74) is 1.47. The predicted octanol–water partition coefficient (Wildman–Crippen LogP) is 4.22. The molecule has 1 N–H and O–H groups in total. The Morgan fingerprint density at radius 1 is 1.00 bits per heavy atom. The molecule has 4 heteroatoms. The van der Waals surface area contributed by atoms with E-state index in [9.17, 15) is 9.59 Å². The molecule has 23 heavy (non-hydrogen) atoms. The normalized spacial score (nSPS) is 14.7. The van der Waals surface area contributed by atoms with E-state index in [4.69, 9.17) is 0 Å². The lowest BCUT2D eigenvalue weighted by Crippen LogP contribution is -2.33. The fraction of sp³-hybridized carbons (Fsp3) is 0.579. The number of anilines is 1. The molecule has 0 aliphatic carbocycles. The zero-order valence-electron chi connectivity index (χ0n) is 15.5. The molecular weight excluding hydrogens is 288 g/mol. The molecule has 0 saturated carbocycles. The number of Topliss-reactive ketones (excluding diaryl/α,β-unsaturated/α-hetero) is 1. The maximum absolute atomic E-state index is 12.3. The zero-order chi connectivity index (χ0) is 17.8. The molecule has 1 aromatic carbocycles. The van der Waals surface area contributed by atoms with E-state index in [0.717, 1.165) is 37.2 Å². The molecule has 0 atom stereocenters. The van der Waals surface area contributed by atoms with Crippen LogP contribution in [0.15, 0.2) is 24.3 Å². The Morgan fingerprint density at radius 2 is 1.48 bits per heavy atom. The summed E-state index contributed by atoms with van der Waals surface area (Å²) in [7, 11) is 2.09. The molecule has 0 radical (unpaired) electrons. The van der Waals surface area contributed by atoms with Crippen LogP contribution in [0.4, 0.5) is 5.69 Å².